The first kappa shape index (κ1) is 20.2. The van der Waals surface area contributed by atoms with Gasteiger partial charge in [0.15, 0.2) is 0 Å². The van der Waals surface area contributed by atoms with Gasteiger partial charge in [0.25, 0.3) is 0 Å². The average molecular weight is 300 g/mol. The lowest BCUT2D eigenvalue weighted by Gasteiger charge is -2.27. The predicted molar refractivity (Wildman–Crippen MR) is 89.5 cm³/mol. The summed E-state index contributed by atoms with van der Waals surface area (Å²) in [5, 5.41) is 6.49. The molecule has 126 valence electrons. The minimum Gasteiger partial charge on any atom is -0.444 e. The summed E-state index contributed by atoms with van der Waals surface area (Å²) >= 11 is 0. The molecule has 4 nitrogen and oxygen atoms in total. The molecule has 1 amide bonds. The van der Waals surface area contributed by atoms with Crippen molar-refractivity contribution < 1.29 is 9.53 Å². The Morgan fingerprint density at radius 3 is 2.05 bits per heavy atom. The van der Waals surface area contributed by atoms with Crippen molar-refractivity contribution in [2.24, 2.45) is 11.8 Å². The molecule has 0 spiro atoms. The van der Waals surface area contributed by atoms with Crippen LogP contribution in [0.4, 0.5) is 4.79 Å². The van der Waals surface area contributed by atoms with Gasteiger partial charge in [-0.3, -0.25) is 0 Å². The molecule has 0 saturated heterocycles. The summed E-state index contributed by atoms with van der Waals surface area (Å²) in [5.74, 6) is 1.09. The molecule has 0 aliphatic heterocycles. The van der Waals surface area contributed by atoms with Crippen LogP contribution >= 0.6 is 0 Å². The van der Waals surface area contributed by atoms with Crippen LogP contribution in [-0.4, -0.2) is 30.3 Å². The molecule has 0 aliphatic rings. The number of carbonyl (C=O) groups is 1. The average Bonchev–Trinajstić information content (AvgIpc) is 2.29. The van der Waals surface area contributed by atoms with Crippen molar-refractivity contribution in [2.75, 3.05) is 6.54 Å². The van der Waals surface area contributed by atoms with E-state index in [1.54, 1.807) is 0 Å². The highest BCUT2D eigenvalue weighted by Gasteiger charge is 2.21. The van der Waals surface area contributed by atoms with E-state index in [1.807, 2.05) is 20.8 Å². The van der Waals surface area contributed by atoms with Crippen molar-refractivity contribution in [3.05, 3.63) is 0 Å². The van der Waals surface area contributed by atoms with Gasteiger partial charge in [-0.05, 0) is 52.4 Å². The van der Waals surface area contributed by atoms with E-state index in [1.165, 1.54) is 6.42 Å². The van der Waals surface area contributed by atoms with E-state index < -0.39 is 5.60 Å². The molecule has 2 unspecified atom stereocenters. The van der Waals surface area contributed by atoms with Crippen LogP contribution in [0.5, 0.6) is 0 Å². The predicted octanol–water partition coefficient (Wildman–Crippen LogP) is 3.95. The molecule has 0 aromatic heterocycles. The fourth-order valence-electron chi connectivity index (χ4n) is 1.93. The lowest BCUT2D eigenvalue weighted by atomic mass is 10.0. The first-order valence-electron chi connectivity index (χ1n) is 8.24. The zero-order valence-electron chi connectivity index (χ0n) is 15.2. The maximum Gasteiger partial charge on any atom is 0.407 e. The van der Waals surface area contributed by atoms with Crippen molar-refractivity contribution in [3.8, 4) is 0 Å². The van der Waals surface area contributed by atoms with E-state index in [4.69, 9.17) is 4.74 Å². The summed E-state index contributed by atoms with van der Waals surface area (Å²) in [6.45, 7) is 17.3. The minimum atomic E-state index is -0.455. The van der Waals surface area contributed by atoms with Gasteiger partial charge in [-0.2, -0.15) is 0 Å². The van der Waals surface area contributed by atoms with Gasteiger partial charge in [0.05, 0.1) is 0 Å². The third kappa shape index (κ3) is 11.6. The molecule has 0 saturated carbocycles. The third-order valence-electron chi connectivity index (χ3n) is 3.37. The molecular formula is C17H36N2O2. The van der Waals surface area contributed by atoms with Gasteiger partial charge in [-0.25, -0.2) is 4.79 Å². The second kappa shape index (κ2) is 9.29. The standard InChI is InChI=1S/C17H36N2O2/c1-12(2)9-10-14(5)18-11-15(13(3)4)19-16(20)21-17(6,7)8/h12-15,18H,9-11H2,1-8H3,(H,19,20). The van der Waals surface area contributed by atoms with Crippen molar-refractivity contribution in [3.63, 3.8) is 0 Å². The van der Waals surface area contributed by atoms with Gasteiger partial charge in [0.1, 0.15) is 5.60 Å². The number of nitrogens with one attached hydrogen (secondary N) is 2. The number of hydrogen-bond donors (Lipinski definition) is 2. The van der Waals surface area contributed by atoms with Gasteiger partial charge in [-0.1, -0.05) is 27.7 Å². The van der Waals surface area contributed by atoms with Crippen LogP contribution in [0.2, 0.25) is 0 Å². The Hall–Kier alpha value is -0.770. The second-order valence-electron chi connectivity index (χ2n) is 7.78. The number of alkyl carbamates (subject to hydrolysis) is 1. The van der Waals surface area contributed by atoms with Gasteiger partial charge >= 0.3 is 6.09 Å². The van der Waals surface area contributed by atoms with Crippen molar-refractivity contribution in [1.29, 1.82) is 0 Å². The molecule has 2 N–H and O–H groups in total. The Bertz CT molecular complexity index is 296. The largest absolute Gasteiger partial charge is 0.444 e. The molecule has 0 bridgehead atoms. The molecule has 0 aliphatic carbocycles. The number of amides is 1. The second-order valence-corrected chi connectivity index (χ2v) is 7.78. The van der Waals surface area contributed by atoms with Crippen LogP contribution in [0, 0.1) is 11.8 Å². The molecule has 4 heteroatoms. The molecule has 0 rings (SSSR count). The molecule has 0 aromatic carbocycles. The number of rotatable bonds is 8. The molecule has 0 aromatic rings. The Morgan fingerprint density at radius 1 is 1.05 bits per heavy atom. The molecule has 2 atom stereocenters. The normalized spacial score (nSPS) is 15.1. The maximum absolute atomic E-state index is 11.9. The topological polar surface area (TPSA) is 50.4 Å². The summed E-state index contributed by atoms with van der Waals surface area (Å²) in [6, 6.07) is 0.551. The zero-order valence-corrected chi connectivity index (χ0v) is 15.2. The number of ether oxygens (including phenoxy) is 1. The molecule has 0 heterocycles. The lowest BCUT2D eigenvalue weighted by molar-refractivity contribution is 0.0489. The quantitative estimate of drug-likeness (QED) is 0.713. The van der Waals surface area contributed by atoms with Crippen LogP contribution in [0.25, 0.3) is 0 Å². The highest BCUT2D eigenvalue weighted by atomic mass is 16.6. The third-order valence-corrected chi connectivity index (χ3v) is 3.37. The smallest absolute Gasteiger partial charge is 0.407 e. The van der Waals surface area contributed by atoms with E-state index in [0.717, 1.165) is 18.9 Å². The first-order valence-corrected chi connectivity index (χ1v) is 8.24. The van der Waals surface area contributed by atoms with Gasteiger partial charge < -0.3 is 15.4 Å². The highest BCUT2D eigenvalue weighted by Crippen LogP contribution is 2.09. The SMILES string of the molecule is CC(C)CCC(C)NCC(NC(=O)OC(C)(C)C)C(C)C. The van der Waals surface area contributed by atoms with Gasteiger partial charge in [-0.15, -0.1) is 0 Å². The van der Waals surface area contributed by atoms with Crippen LogP contribution in [0.1, 0.15) is 68.2 Å². The first-order chi connectivity index (χ1) is 9.51. The summed E-state index contributed by atoms with van der Waals surface area (Å²) in [7, 11) is 0. The molecule has 21 heavy (non-hydrogen) atoms. The maximum atomic E-state index is 11.9. The van der Waals surface area contributed by atoms with Crippen LogP contribution in [0.15, 0.2) is 0 Å². The summed E-state index contributed by atoms with van der Waals surface area (Å²) in [5.41, 5.74) is -0.455. The minimum absolute atomic E-state index is 0.0846. The monoisotopic (exact) mass is 300 g/mol. The van der Waals surface area contributed by atoms with E-state index >= 15 is 0 Å². The van der Waals surface area contributed by atoms with Gasteiger partial charge in [0.2, 0.25) is 0 Å². The number of hydrogen-bond acceptors (Lipinski definition) is 3. The van der Waals surface area contributed by atoms with Crippen LogP contribution in [-0.2, 0) is 4.74 Å². The molecular weight excluding hydrogens is 264 g/mol. The summed E-state index contributed by atoms with van der Waals surface area (Å²) in [4.78, 5) is 11.9. The summed E-state index contributed by atoms with van der Waals surface area (Å²) in [6.07, 6.45) is 2.05. The number of carbonyl (C=O) groups excluding carboxylic acids is 1. The van der Waals surface area contributed by atoms with Crippen molar-refractivity contribution in [1.82, 2.24) is 10.6 Å². The van der Waals surface area contributed by atoms with Crippen molar-refractivity contribution >= 4 is 6.09 Å². The Balaban J connectivity index is 4.22. The Labute approximate surface area is 131 Å². The van der Waals surface area contributed by atoms with E-state index in [-0.39, 0.29) is 12.1 Å². The molecule has 0 fully saturated rings. The van der Waals surface area contributed by atoms with Crippen LogP contribution in [0.3, 0.4) is 0 Å². The van der Waals surface area contributed by atoms with Crippen LogP contribution < -0.4 is 10.6 Å². The van der Waals surface area contributed by atoms with Gasteiger partial charge in [0, 0.05) is 18.6 Å². The highest BCUT2D eigenvalue weighted by molar-refractivity contribution is 5.68. The van der Waals surface area contributed by atoms with E-state index in [2.05, 4.69) is 45.3 Å². The lowest BCUT2D eigenvalue weighted by Crippen LogP contribution is -2.48. The fourth-order valence-corrected chi connectivity index (χ4v) is 1.93. The van der Waals surface area contributed by atoms with E-state index in [9.17, 15) is 4.79 Å². The van der Waals surface area contributed by atoms with Crippen molar-refractivity contribution in [2.45, 2.75) is 85.9 Å². The zero-order chi connectivity index (χ0) is 16.6. The Morgan fingerprint density at radius 2 is 1.62 bits per heavy atom. The summed E-state index contributed by atoms with van der Waals surface area (Å²) < 4.78 is 5.33. The van der Waals surface area contributed by atoms with E-state index in [0.29, 0.717) is 12.0 Å². The Kier molecular flexibility index (Phi) is 8.95. The fraction of sp³-hybridized carbons (Fsp3) is 0.941. The molecule has 0 radical (unpaired) electrons.